The number of thiophene rings is 1. The van der Waals surface area contributed by atoms with Crippen LogP contribution < -0.4 is 0 Å². The van der Waals surface area contributed by atoms with Crippen molar-refractivity contribution in [2.45, 2.75) is 50.6 Å². The molecule has 0 spiro atoms. The van der Waals surface area contributed by atoms with Gasteiger partial charge in [-0.2, -0.15) is 0 Å². The number of hydrogen-bond acceptors (Lipinski definition) is 3. The molecule has 1 aliphatic carbocycles. The summed E-state index contributed by atoms with van der Waals surface area (Å²) in [6.07, 6.45) is 6.49. The first-order valence-electron chi connectivity index (χ1n) is 6.82. The molecule has 3 nitrogen and oxygen atoms in total. The predicted octanol–water partition coefficient (Wildman–Crippen LogP) is 3.06. The van der Waals surface area contributed by atoms with Crippen molar-refractivity contribution in [3.8, 4) is 0 Å². The summed E-state index contributed by atoms with van der Waals surface area (Å²) >= 11 is 1.83. The highest BCUT2D eigenvalue weighted by atomic mass is 32.1. The number of carboxylic acids is 1. The third kappa shape index (κ3) is 2.08. The summed E-state index contributed by atoms with van der Waals surface area (Å²) in [6, 6.07) is 2.29. The van der Waals surface area contributed by atoms with Gasteiger partial charge in [0, 0.05) is 10.9 Å². The summed E-state index contributed by atoms with van der Waals surface area (Å²) in [7, 11) is 0. The van der Waals surface area contributed by atoms with Crippen LogP contribution >= 0.6 is 11.3 Å². The smallest absolute Gasteiger partial charge is 0.320 e. The maximum Gasteiger partial charge on any atom is 0.320 e. The number of fused-ring (bicyclic) bond motifs is 1. The first kappa shape index (κ1) is 12.2. The van der Waals surface area contributed by atoms with Crippen LogP contribution in [0.25, 0.3) is 0 Å². The maximum absolute atomic E-state index is 11.4. The summed E-state index contributed by atoms with van der Waals surface area (Å²) in [5, 5.41) is 11.6. The number of carbonyl (C=O) groups is 1. The molecule has 1 aromatic rings. The topological polar surface area (TPSA) is 40.5 Å². The molecule has 0 bridgehead atoms. The lowest BCUT2D eigenvalue weighted by Crippen LogP contribution is -2.47. The Morgan fingerprint density at radius 1 is 1.33 bits per heavy atom. The van der Waals surface area contributed by atoms with E-state index >= 15 is 0 Å². The number of piperidine rings is 1. The van der Waals surface area contributed by atoms with Crippen molar-refractivity contribution in [1.82, 2.24) is 4.90 Å². The van der Waals surface area contributed by atoms with Gasteiger partial charge in [0.05, 0.1) is 0 Å². The molecule has 2 heterocycles. The zero-order valence-electron chi connectivity index (χ0n) is 10.5. The summed E-state index contributed by atoms with van der Waals surface area (Å²) in [5.74, 6) is -0.642. The fourth-order valence-electron chi connectivity index (χ4n) is 3.40. The highest BCUT2D eigenvalue weighted by molar-refractivity contribution is 7.10. The van der Waals surface area contributed by atoms with Gasteiger partial charge in [0.15, 0.2) is 0 Å². The van der Waals surface area contributed by atoms with Crippen molar-refractivity contribution in [1.29, 1.82) is 0 Å². The Balaban J connectivity index is 1.88. The zero-order chi connectivity index (χ0) is 12.5. The summed E-state index contributed by atoms with van der Waals surface area (Å²) in [5.41, 5.74) is 1.40. The van der Waals surface area contributed by atoms with Crippen LogP contribution in [0.15, 0.2) is 11.4 Å². The average Bonchev–Trinajstić information content (AvgIpc) is 2.86. The van der Waals surface area contributed by atoms with Crippen molar-refractivity contribution in [2.75, 3.05) is 6.54 Å². The Labute approximate surface area is 111 Å². The monoisotopic (exact) mass is 265 g/mol. The Morgan fingerprint density at radius 3 is 3.06 bits per heavy atom. The number of aliphatic carboxylic acids is 1. The standard InChI is InChI=1S/C14H19NO2S/c16-14(17)12-4-1-2-8-15(12)11-5-3-6-13-10(11)7-9-18-13/h7,9,11-12H,1-6,8H2,(H,16,17). The van der Waals surface area contributed by atoms with Gasteiger partial charge in [-0.3, -0.25) is 9.69 Å². The molecule has 1 aromatic heterocycles. The van der Waals surface area contributed by atoms with Crippen molar-refractivity contribution in [3.05, 3.63) is 21.9 Å². The van der Waals surface area contributed by atoms with Crippen LogP contribution in [0.4, 0.5) is 0 Å². The molecule has 1 N–H and O–H groups in total. The molecule has 3 rings (SSSR count). The lowest BCUT2D eigenvalue weighted by atomic mass is 9.89. The van der Waals surface area contributed by atoms with Crippen LogP contribution in [0, 0.1) is 0 Å². The molecule has 98 valence electrons. The first-order chi connectivity index (χ1) is 8.77. The predicted molar refractivity (Wildman–Crippen MR) is 72.0 cm³/mol. The van der Waals surface area contributed by atoms with Gasteiger partial charge in [0.1, 0.15) is 6.04 Å². The quantitative estimate of drug-likeness (QED) is 0.893. The van der Waals surface area contributed by atoms with Gasteiger partial charge in [0.25, 0.3) is 0 Å². The second-order valence-electron chi connectivity index (χ2n) is 5.29. The molecule has 1 aliphatic heterocycles. The van der Waals surface area contributed by atoms with Gasteiger partial charge in [-0.25, -0.2) is 0 Å². The SMILES string of the molecule is O=C(O)C1CCCCN1C1CCCc2sccc21. The molecule has 1 saturated heterocycles. The molecule has 0 aromatic carbocycles. The highest BCUT2D eigenvalue weighted by Crippen LogP contribution is 2.39. The molecule has 4 heteroatoms. The molecule has 2 unspecified atom stereocenters. The average molecular weight is 265 g/mol. The fourth-order valence-corrected chi connectivity index (χ4v) is 4.38. The van der Waals surface area contributed by atoms with Crippen molar-refractivity contribution < 1.29 is 9.90 Å². The Bertz CT molecular complexity index is 443. The van der Waals surface area contributed by atoms with Crippen LogP contribution in [0.3, 0.4) is 0 Å². The first-order valence-corrected chi connectivity index (χ1v) is 7.70. The van der Waals surface area contributed by atoms with Crippen molar-refractivity contribution >= 4 is 17.3 Å². The minimum absolute atomic E-state index is 0.269. The molecule has 0 saturated carbocycles. The van der Waals surface area contributed by atoms with E-state index in [1.807, 2.05) is 11.3 Å². The number of likely N-dealkylation sites (tertiary alicyclic amines) is 1. The van der Waals surface area contributed by atoms with E-state index in [2.05, 4.69) is 16.3 Å². The molecular formula is C14H19NO2S. The van der Waals surface area contributed by atoms with Gasteiger partial charge in [0.2, 0.25) is 0 Å². The van der Waals surface area contributed by atoms with Crippen LogP contribution in [0.1, 0.15) is 48.6 Å². The van der Waals surface area contributed by atoms with Crippen molar-refractivity contribution in [3.63, 3.8) is 0 Å². The van der Waals surface area contributed by atoms with Crippen LogP contribution in [0.2, 0.25) is 0 Å². The third-order valence-corrected chi connectivity index (χ3v) is 5.25. The van der Waals surface area contributed by atoms with Crippen LogP contribution in [-0.2, 0) is 11.2 Å². The van der Waals surface area contributed by atoms with Crippen LogP contribution in [0.5, 0.6) is 0 Å². The fraction of sp³-hybridized carbons (Fsp3) is 0.643. The number of nitrogens with zero attached hydrogens (tertiary/aromatic N) is 1. The van der Waals surface area contributed by atoms with Crippen molar-refractivity contribution in [2.24, 2.45) is 0 Å². The van der Waals surface area contributed by atoms with Gasteiger partial charge < -0.3 is 5.11 Å². The van der Waals surface area contributed by atoms with E-state index in [0.717, 1.165) is 32.2 Å². The summed E-state index contributed by atoms with van der Waals surface area (Å²) < 4.78 is 0. The number of rotatable bonds is 2. The highest BCUT2D eigenvalue weighted by Gasteiger charge is 2.36. The Kier molecular flexibility index (Phi) is 3.39. The largest absolute Gasteiger partial charge is 0.480 e. The van der Waals surface area contributed by atoms with E-state index < -0.39 is 5.97 Å². The molecule has 2 atom stereocenters. The molecule has 0 radical (unpaired) electrons. The zero-order valence-corrected chi connectivity index (χ0v) is 11.3. The van der Waals surface area contributed by atoms with E-state index in [4.69, 9.17) is 0 Å². The van der Waals surface area contributed by atoms with Gasteiger partial charge >= 0.3 is 5.97 Å². The lowest BCUT2D eigenvalue weighted by molar-refractivity contribution is -0.146. The molecular weight excluding hydrogens is 246 g/mol. The van der Waals surface area contributed by atoms with E-state index in [0.29, 0.717) is 6.04 Å². The maximum atomic E-state index is 11.4. The number of carboxylic acid groups (broad SMARTS) is 1. The van der Waals surface area contributed by atoms with Crippen LogP contribution in [-0.4, -0.2) is 28.6 Å². The second kappa shape index (κ2) is 5.02. The lowest BCUT2D eigenvalue weighted by Gasteiger charge is -2.40. The molecule has 1 fully saturated rings. The third-order valence-electron chi connectivity index (χ3n) is 4.25. The number of aryl methyl sites for hydroxylation is 1. The minimum atomic E-state index is -0.642. The minimum Gasteiger partial charge on any atom is -0.480 e. The van der Waals surface area contributed by atoms with E-state index in [9.17, 15) is 9.90 Å². The Hall–Kier alpha value is -0.870. The van der Waals surface area contributed by atoms with Gasteiger partial charge in [-0.1, -0.05) is 6.42 Å². The molecule has 2 aliphatic rings. The summed E-state index contributed by atoms with van der Waals surface area (Å²) in [6.45, 7) is 0.941. The van der Waals surface area contributed by atoms with Gasteiger partial charge in [-0.05, 0) is 55.7 Å². The molecule has 0 amide bonds. The summed E-state index contributed by atoms with van der Waals surface area (Å²) in [4.78, 5) is 15.1. The van der Waals surface area contributed by atoms with E-state index in [1.165, 1.54) is 23.3 Å². The molecule has 18 heavy (non-hydrogen) atoms. The Morgan fingerprint density at radius 2 is 2.22 bits per heavy atom. The second-order valence-corrected chi connectivity index (χ2v) is 6.30. The van der Waals surface area contributed by atoms with Gasteiger partial charge in [-0.15, -0.1) is 11.3 Å². The van der Waals surface area contributed by atoms with E-state index in [1.54, 1.807) is 0 Å². The normalized spacial score (nSPS) is 28.9. The van der Waals surface area contributed by atoms with E-state index in [-0.39, 0.29) is 6.04 Å². The number of hydrogen-bond donors (Lipinski definition) is 1.